The van der Waals surface area contributed by atoms with Crippen molar-refractivity contribution < 1.29 is 39.2 Å². The van der Waals surface area contributed by atoms with Crippen LogP contribution in [-0.2, 0) is 10.0 Å². The summed E-state index contributed by atoms with van der Waals surface area (Å²) in [6.45, 7) is -3.15. The van der Waals surface area contributed by atoms with Crippen molar-refractivity contribution in [2.45, 2.75) is 17.1 Å². The van der Waals surface area contributed by atoms with Gasteiger partial charge in [0.05, 0.1) is 0 Å². The molecule has 0 saturated heterocycles. The SMILES string of the molecule is NS(=O)(=O)C(F)(F)C(F)(F)C(F)(F)CF. The van der Waals surface area contributed by atoms with Gasteiger partial charge in [-0.25, -0.2) is 17.9 Å². The lowest BCUT2D eigenvalue weighted by Crippen LogP contribution is -2.60. The Labute approximate surface area is 79.1 Å². The first-order valence-electron chi connectivity index (χ1n) is 3.03. The van der Waals surface area contributed by atoms with E-state index >= 15 is 0 Å². The molecule has 0 aromatic carbocycles. The fourth-order valence-corrected chi connectivity index (χ4v) is 0.982. The van der Waals surface area contributed by atoms with Gasteiger partial charge in [-0.05, 0) is 0 Å². The van der Waals surface area contributed by atoms with Gasteiger partial charge in [-0.1, -0.05) is 0 Å². The van der Waals surface area contributed by atoms with Crippen LogP contribution >= 0.6 is 0 Å². The highest BCUT2D eigenvalue weighted by Crippen LogP contribution is 2.47. The third-order valence-corrected chi connectivity index (χ3v) is 2.32. The van der Waals surface area contributed by atoms with Crippen LogP contribution in [0.4, 0.5) is 30.7 Å². The maximum atomic E-state index is 12.3. The Morgan fingerprint density at radius 3 is 1.53 bits per heavy atom. The minimum Gasteiger partial charge on any atom is -0.244 e. The van der Waals surface area contributed by atoms with E-state index in [1.165, 1.54) is 0 Å². The molecule has 0 amide bonds. The van der Waals surface area contributed by atoms with Crippen molar-refractivity contribution in [2.24, 2.45) is 5.14 Å². The zero-order valence-electron chi connectivity index (χ0n) is 6.65. The van der Waals surface area contributed by atoms with Gasteiger partial charge in [-0.3, -0.25) is 0 Å². The van der Waals surface area contributed by atoms with Crippen molar-refractivity contribution in [2.75, 3.05) is 6.67 Å². The third-order valence-electron chi connectivity index (χ3n) is 1.35. The molecule has 0 rings (SSSR count). The summed E-state index contributed by atoms with van der Waals surface area (Å²) in [4.78, 5) is 0. The van der Waals surface area contributed by atoms with Crippen LogP contribution in [0.1, 0.15) is 0 Å². The van der Waals surface area contributed by atoms with Gasteiger partial charge in [-0.2, -0.15) is 26.3 Å². The van der Waals surface area contributed by atoms with Gasteiger partial charge in [0.15, 0.2) is 6.67 Å². The number of nitrogens with two attached hydrogens (primary N) is 1. The largest absolute Gasteiger partial charge is 0.426 e. The zero-order valence-corrected chi connectivity index (χ0v) is 7.47. The molecular formula is C4H4F7NO2S. The maximum Gasteiger partial charge on any atom is 0.426 e. The Morgan fingerprint density at radius 2 is 1.33 bits per heavy atom. The van der Waals surface area contributed by atoms with Crippen molar-refractivity contribution in [3.8, 4) is 0 Å². The quantitative estimate of drug-likeness (QED) is 0.772. The summed E-state index contributed by atoms with van der Waals surface area (Å²) < 4.78 is 104. The van der Waals surface area contributed by atoms with E-state index in [2.05, 4.69) is 5.14 Å². The molecule has 0 fully saturated rings. The Kier molecular flexibility index (Phi) is 3.34. The monoisotopic (exact) mass is 263 g/mol. The topological polar surface area (TPSA) is 60.2 Å². The molecular weight excluding hydrogens is 259 g/mol. The van der Waals surface area contributed by atoms with Crippen molar-refractivity contribution in [3.05, 3.63) is 0 Å². The molecule has 0 atom stereocenters. The molecule has 0 aliphatic carbocycles. The molecule has 0 radical (unpaired) electrons. The van der Waals surface area contributed by atoms with Gasteiger partial charge in [0.1, 0.15) is 0 Å². The fourth-order valence-electron chi connectivity index (χ4n) is 0.475. The number of rotatable bonds is 4. The molecule has 0 aromatic rings. The molecule has 2 N–H and O–H groups in total. The van der Waals surface area contributed by atoms with Crippen LogP contribution in [-0.4, -0.2) is 32.2 Å². The van der Waals surface area contributed by atoms with Crippen molar-refractivity contribution >= 4 is 10.0 Å². The van der Waals surface area contributed by atoms with Crippen LogP contribution in [0.15, 0.2) is 0 Å². The van der Waals surface area contributed by atoms with Gasteiger partial charge in [-0.15, -0.1) is 0 Å². The molecule has 15 heavy (non-hydrogen) atoms. The van der Waals surface area contributed by atoms with Crippen LogP contribution in [0.25, 0.3) is 0 Å². The minimum atomic E-state index is -6.43. The molecule has 0 unspecified atom stereocenters. The first kappa shape index (κ1) is 14.4. The maximum absolute atomic E-state index is 12.3. The molecule has 3 nitrogen and oxygen atoms in total. The van der Waals surface area contributed by atoms with E-state index in [0.717, 1.165) is 0 Å². The van der Waals surface area contributed by atoms with E-state index in [1.807, 2.05) is 0 Å². The average Bonchev–Trinajstić information content (AvgIpc) is 2.01. The van der Waals surface area contributed by atoms with Crippen LogP contribution in [0, 0.1) is 0 Å². The molecule has 0 aliphatic rings. The number of hydrogen-bond donors (Lipinski definition) is 1. The van der Waals surface area contributed by atoms with Crippen molar-refractivity contribution in [1.29, 1.82) is 0 Å². The lowest BCUT2D eigenvalue weighted by atomic mass is 10.2. The molecule has 11 heteroatoms. The Morgan fingerprint density at radius 1 is 1.00 bits per heavy atom. The lowest BCUT2D eigenvalue weighted by molar-refractivity contribution is -0.282. The van der Waals surface area contributed by atoms with Crippen LogP contribution in [0.5, 0.6) is 0 Å². The Balaban J connectivity index is 5.59. The first-order chi connectivity index (χ1) is 6.31. The number of hydrogen-bond acceptors (Lipinski definition) is 2. The van der Waals surface area contributed by atoms with Crippen molar-refractivity contribution in [1.82, 2.24) is 0 Å². The van der Waals surface area contributed by atoms with E-state index < -0.39 is 33.8 Å². The Hall–Kier alpha value is -0.580. The van der Waals surface area contributed by atoms with Gasteiger partial charge >= 0.3 is 17.1 Å². The second-order valence-corrected chi connectivity index (χ2v) is 4.08. The summed E-state index contributed by atoms with van der Waals surface area (Å²) in [6.07, 6.45) is 0. The number of alkyl halides is 7. The third kappa shape index (κ3) is 2.02. The molecule has 0 saturated carbocycles. The lowest BCUT2D eigenvalue weighted by Gasteiger charge is -2.29. The molecule has 0 aliphatic heterocycles. The highest BCUT2D eigenvalue weighted by atomic mass is 32.2. The molecule has 0 heterocycles. The van der Waals surface area contributed by atoms with E-state index in [4.69, 9.17) is 0 Å². The second kappa shape index (κ2) is 3.47. The number of primary sulfonamides is 1. The summed E-state index contributed by atoms with van der Waals surface area (Å²) >= 11 is 0. The summed E-state index contributed by atoms with van der Waals surface area (Å²) in [7, 11) is -6.28. The standard InChI is InChI=1S/C4H4F7NO2S/c5-1-2(6,7)3(8,9)4(10,11)15(12,13)14/h1H2,(H2,12,13,14). The van der Waals surface area contributed by atoms with Crippen LogP contribution in [0.3, 0.4) is 0 Å². The Bertz CT molecular complexity index is 337. The molecule has 92 valence electrons. The predicted octanol–water partition coefficient (Wildman–Crippen LogP) is 1.11. The summed E-state index contributed by atoms with van der Waals surface area (Å²) in [5.41, 5.74) is 0. The summed E-state index contributed by atoms with van der Waals surface area (Å²) in [6, 6.07) is 0. The van der Waals surface area contributed by atoms with Crippen LogP contribution < -0.4 is 5.14 Å². The minimum absolute atomic E-state index is 3.15. The highest BCUT2D eigenvalue weighted by molar-refractivity contribution is 7.90. The molecule has 0 bridgehead atoms. The number of halogens is 7. The van der Waals surface area contributed by atoms with E-state index in [-0.39, 0.29) is 0 Å². The number of sulfonamides is 1. The van der Waals surface area contributed by atoms with Gasteiger partial charge in [0, 0.05) is 0 Å². The van der Waals surface area contributed by atoms with Gasteiger partial charge in [0.25, 0.3) is 10.0 Å². The van der Waals surface area contributed by atoms with E-state index in [1.54, 1.807) is 0 Å². The fraction of sp³-hybridized carbons (Fsp3) is 1.00. The summed E-state index contributed by atoms with van der Waals surface area (Å²) in [5, 5.41) is -2.62. The molecule has 0 spiro atoms. The zero-order chi connectivity index (χ0) is 12.7. The van der Waals surface area contributed by atoms with Gasteiger partial charge < -0.3 is 0 Å². The van der Waals surface area contributed by atoms with Crippen molar-refractivity contribution in [3.63, 3.8) is 0 Å². The first-order valence-corrected chi connectivity index (χ1v) is 4.57. The van der Waals surface area contributed by atoms with Crippen LogP contribution in [0.2, 0.25) is 0 Å². The molecule has 0 aromatic heterocycles. The smallest absolute Gasteiger partial charge is 0.244 e. The van der Waals surface area contributed by atoms with Gasteiger partial charge in [0.2, 0.25) is 0 Å². The predicted molar refractivity (Wildman–Crippen MR) is 33.9 cm³/mol. The average molecular weight is 263 g/mol. The van der Waals surface area contributed by atoms with E-state index in [9.17, 15) is 39.2 Å². The normalized spacial score (nSPS) is 15.5. The second-order valence-electron chi connectivity index (χ2n) is 2.47. The van der Waals surface area contributed by atoms with E-state index in [0.29, 0.717) is 0 Å². The summed E-state index contributed by atoms with van der Waals surface area (Å²) in [5.74, 6) is -12.3. The highest BCUT2D eigenvalue weighted by Gasteiger charge is 2.76.